The van der Waals surface area contributed by atoms with E-state index in [-0.39, 0.29) is 6.10 Å². The Kier molecular flexibility index (Phi) is 4.78. The number of hydrogen-bond donors (Lipinski definition) is 1. The van der Waals surface area contributed by atoms with Gasteiger partial charge in [0, 0.05) is 12.1 Å². The summed E-state index contributed by atoms with van der Waals surface area (Å²) in [6, 6.07) is 7.55. The Morgan fingerprint density at radius 2 is 2.32 bits per heavy atom. The highest BCUT2D eigenvalue weighted by Gasteiger charge is 2.21. The lowest BCUT2D eigenvalue weighted by Gasteiger charge is -2.29. The van der Waals surface area contributed by atoms with Crippen LogP contribution in [0.15, 0.2) is 18.2 Å². The van der Waals surface area contributed by atoms with Crippen molar-refractivity contribution in [3.8, 4) is 11.8 Å². The van der Waals surface area contributed by atoms with Crippen LogP contribution in [0.2, 0.25) is 0 Å². The molecule has 1 N–H and O–H groups in total. The van der Waals surface area contributed by atoms with Gasteiger partial charge in [0.1, 0.15) is 5.75 Å². The van der Waals surface area contributed by atoms with Crippen molar-refractivity contribution in [3.63, 3.8) is 0 Å². The minimum atomic E-state index is 0.226. The molecule has 1 aromatic rings. The zero-order chi connectivity index (χ0) is 13.7. The summed E-state index contributed by atoms with van der Waals surface area (Å²) >= 11 is 0. The maximum Gasteiger partial charge on any atom is 0.124 e. The molecule has 0 saturated carbocycles. The van der Waals surface area contributed by atoms with E-state index >= 15 is 0 Å². The Hall–Kier alpha value is -1.57. The number of ether oxygens (including phenoxy) is 2. The fourth-order valence-corrected chi connectivity index (χ4v) is 2.34. The SMILES string of the molecule is COc1ccc(C#N)cc1COC1CNCCC1C. The fourth-order valence-electron chi connectivity index (χ4n) is 2.34. The summed E-state index contributed by atoms with van der Waals surface area (Å²) in [6.45, 7) is 4.65. The Morgan fingerprint density at radius 3 is 3.00 bits per heavy atom. The Labute approximate surface area is 114 Å². The molecular formula is C15H20N2O2. The first-order chi connectivity index (χ1) is 9.24. The van der Waals surface area contributed by atoms with Crippen molar-refractivity contribution in [1.82, 2.24) is 5.32 Å². The molecule has 2 rings (SSSR count). The van der Waals surface area contributed by atoms with Crippen LogP contribution in [0.1, 0.15) is 24.5 Å². The molecule has 102 valence electrons. The number of nitrogens with one attached hydrogen (secondary N) is 1. The molecule has 1 heterocycles. The van der Waals surface area contributed by atoms with Gasteiger partial charge in [-0.25, -0.2) is 0 Å². The van der Waals surface area contributed by atoms with E-state index in [0.29, 0.717) is 18.1 Å². The Balaban J connectivity index is 2.03. The van der Waals surface area contributed by atoms with Crippen molar-refractivity contribution < 1.29 is 9.47 Å². The predicted molar refractivity (Wildman–Crippen MR) is 72.9 cm³/mol. The van der Waals surface area contributed by atoms with Gasteiger partial charge in [-0.2, -0.15) is 5.26 Å². The summed E-state index contributed by atoms with van der Waals surface area (Å²) in [5.41, 5.74) is 1.56. The van der Waals surface area contributed by atoms with Crippen molar-refractivity contribution in [2.24, 2.45) is 5.92 Å². The largest absolute Gasteiger partial charge is 0.496 e. The fraction of sp³-hybridized carbons (Fsp3) is 0.533. The van der Waals surface area contributed by atoms with Gasteiger partial charge >= 0.3 is 0 Å². The van der Waals surface area contributed by atoms with Crippen LogP contribution < -0.4 is 10.1 Å². The van der Waals surface area contributed by atoms with Crippen LogP contribution in [-0.2, 0) is 11.3 Å². The first kappa shape index (κ1) is 13.9. The summed E-state index contributed by atoms with van der Waals surface area (Å²) in [7, 11) is 1.63. The van der Waals surface area contributed by atoms with Crippen LogP contribution >= 0.6 is 0 Å². The van der Waals surface area contributed by atoms with Gasteiger partial charge < -0.3 is 14.8 Å². The quantitative estimate of drug-likeness (QED) is 0.900. The third-order valence-corrected chi connectivity index (χ3v) is 3.62. The minimum absolute atomic E-state index is 0.226. The maximum absolute atomic E-state index is 8.94. The number of hydrogen-bond acceptors (Lipinski definition) is 4. The predicted octanol–water partition coefficient (Wildman–Crippen LogP) is 2.08. The molecule has 0 spiro atoms. The van der Waals surface area contributed by atoms with Crippen LogP contribution in [0, 0.1) is 17.2 Å². The number of methoxy groups -OCH3 is 1. The minimum Gasteiger partial charge on any atom is -0.496 e. The Bertz CT molecular complexity index is 468. The third kappa shape index (κ3) is 3.46. The molecule has 4 heteroatoms. The number of nitrogens with zero attached hydrogens (tertiary/aromatic N) is 1. The summed E-state index contributed by atoms with van der Waals surface area (Å²) < 4.78 is 11.3. The second kappa shape index (κ2) is 6.55. The van der Waals surface area contributed by atoms with E-state index in [9.17, 15) is 0 Å². The van der Waals surface area contributed by atoms with Gasteiger partial charge in [0.05, 0.1) is 31.5 Å². The molecule has 1 saturated heterocycles. The average Bonchev–Trinajstić information content (AvgIpc) is 2.46. The molecule has 2 atom stereocenters. The number of benzene rings is 1. The average molecular weight is 260 g/mol. The molecule has 0 aliphatic carbocycles. The molecule has 1 aliphatic rings. The maximum atomic E-state index is 8.94. The van der Waals surface area contributed by atoms with Gasteiger partial charge in [-0.15, -0.1) is 0 Å². The van der Waals surface area contributed by atoms with Gasteiger partial charge in [0.25, 0.3) is 0 Å². The van der Waals surface area contributed by atoms with Crippen LogP contribution in [0.3, 0.4) is 0 Å². The number of rotatable bonds is 4. The third-order valence-electron chi connectivity index (χ3n) is 3.62. The molecule has 0 amide bonds. The van der Waals surface area contributed by atoms with E-state index in [4.69, 9.17) is 14.7 Å². The monoisotopic (exact) mass is 260 g/mol. The van der Waals surface area contributed by atoms with Gasteiger partial charge in [0.2, 0.25) is 0 Å². The second-order valence-electron chi connectivity index (χ2n) is 4.96. The van der Waals surface area contributed by atoms with E-state index in [0.717, 1.165) is 30.8 Å². The first-order valence-corrected chi connectivity index (χ1v) is 6.64. The molecule has 1 aromatic carbocycles. The van der Waals surface area contributed by atoms with Crippen molar-refractivity contribution >= 4 is 0 Å². The molecule has 1 fully saturated rings. The lowest BCUT2D eigenvalue weighted by Crippen LogP contribution is -2.40. The van der Waals surface area contributed by atoms with Crippen molar-refractivity contribution in [3.05, 3.63) is 29.3 Å². The molecule has 0 radical (unpaired) electrons. The van der Waals surface area contributed by atoms with Crippen LogP contribution in [0.4, 0.5) is 0 Å². The van der Waals surface area contributed by atoms with Gasteiger partial charge in [0.15, 0.2) is 0 Å². The number of piperidine rings is 1. The topological polar surface area (TPSA) is 54.3 Å². The summed E-state index contributed by atoms with van der Waals surface area (Å²) in [6.07, 6.45) is 1.37. The second-order valence-corrected chi connectivity index (χ2v) is 4.96. The van der Waals surface area contributed by atoms with Crippen LogP contribution in [0.25, 0.3) is 0 Å². The molecule has 2 unspecified atom stereocenters. The number of nitriles is 1. The first-order valence-electron chi connectivity index (χ1n) is 6.64. The van der Waals surface area contributed by atoms with Gasteiger partial charge in [-0.05, 0) is 37.1 Å². The van der Waals surface area contributed by atoms with E-state index < -0.39 is 0 Å². The molecule has 1 aliphatic heterocycles. The lowest BCUT2D eigenvalue weighted by molar-refractivity contribution is -0.00725. The highest BCUT2D eigenvalue weighted by molar-refractivity contribution is 5.41. The highest BCUT2D eigenvalue weighted by Crippen LogP contribution is 2.23. The van der Waals surface area contributed by atoms with Crippen molar-refractivity contribution in [1.29, 1.82) is 5.26 Å². The Morgan fingerprint density at radius 1 is 1.47 bits per heavy atom. The molecule has 0 aromatic heterocycles. The lowest BCUT2D eigenvalue weighted by atomic mass is 9.97. The zero-order valence-corrected chi connectivity index (χ0v) is 11.5. The van der Waals surface area contributed by atoms with Crippen molar-refractivity contribution in [2.45, 2.75) is 26.1 Å². The van der Waals surface area contributed by atoms with E-state index in [1.807, 2.05) is 12.1 Å². The molecule has 4 nitrogen and oxygen atoms in total. The summed E-state index contributed by atoms with van der Waals surface area (Å²) in [4.78, 5) is 0. The van der Waals surface area contributed by atoms with Gasteiger partial charge in [-0.1, -0.05) is 6.92 Å². The standard InChI is InChI=1S/C15H20N2O2/c1-11-5-6-17-9-15(11)19-10-13-7-12(8-16)3-4-14(13)18-2/h3-4,7,11,15,17H,5-6,9-10H2,1-2H3. The van der Waals surface area contributed by atoms with Crippen molar-refractivity contribution in [2.75, 3.05) is 20.2 Å². The normalized spacial score (nSPS) is 22.8. The molecule has 0 bridgehead atoms. The smallest absolute Gasteiger partial charge is 0.124 e. The molecule has 19 heavy (non-hydrogen) atoms. The van der Waals surface area contributed by atoms with Crippen LogP contribution in [0.5, 0.6) is 5.75 Å². The highest BCUT2D eigenvalue weighted by atomic mass is 16.5. The van der Waals surface area contributed by atoms with Crippen LogP contribution in [-0.4, -0.2) is 26.3 Å². The summed E-state index contributed by atoms with van der Waals surface area (Å²) in [5, 5.41) is 12.3. The van der Waals surface area contributed by atoms with E-state index in [1.54, 1.807) is 13.2 Å². The van der Waals surface area contributed by atoms with E-state index in [1.165, 1.54) is 0 Å². The zero-order valence-electron chi connectivity index (χ0n) is 11.5. The van der Waals surface area contributed by atoms with Gasteiger partial charge in [-0.3, -0.25) is 0 Å². The molecular weight excluding hydrogens is 240 g/mol. The van der Waals surface area contributed by atoms with E-state index in [2.05, 4.69) is 18.3 Å². The summed E-state index contributed by atoms with van der Waals surface area (Å²) in [5.74, 6) is 1.34.